The Labute approximate surface area is 135 Å². The number of tetrazole rings is 1. The highest BCUT2D eigenvalue weighted by atomic mass is 79.9. The van der Waals surface area contributed by atoms with Crippen LogP contribution in [0.3, 0.4) is 0 Å². The number of aromatic nitrogens is 4. The molecule has 1 N–H and O–H groups in total. The lowest BCUT2D eigenvalue weighted by molar-refractivity contribution is 0.0951. The van der Waals surface area contributed by atoms with Crippen molar-refractivity contribution in [3.63, 3.8) is 0 Å². The highest BCUT2D eigenvalue weighted by Gasteiger charge is 2.07. The minimum Gasteiger partial charge on any atom is -0.348 e. The molecule has 7 heteroatoms. The van der Waals surface area contributed by atoms with Gasteiger partial charge in [-0.1, -0.05) is 34.1 Å². The summed E-state index contributed by atoms with van der Waals surface area (Å²) in [5.74, 6) is -0.144. The molecule has 0 fully saturated rings. The Morgan fingerprint density at radius 1 is 1.18 bits per heavy atom. The number of hydrogen-bond acceptors (Lipinski definition) is 4. The van der Waals surface area contributed by atoms with Gasteiger partial charge >= 0.3 is 0 Å². The summed E-state index contributed by atoms with van der Waals surface area (Å²) in [5.41, 5.74) is 2.32. The molecule has 0 aliphatic rings. The second-order valence-corrected chi connectivity index (χ2v) is 5.53. The summed E-state index contributed by atoms with van der Waals surface area (Å²) >= 11 is 3.41. The van der Waals surface area contributed by atoms with E-state index in [0.29, 0.717) is 12.1 Å². The second-order valence-electron chi connectivity index (χ2n) is 4.62. The summed E-state index contributed by atoms with van der Waals surface area (Å²) in [6.07, 6.45) is 1.48. The Balaban J connectivity index is 1.71. The minimum absolute atomic E-state index is 0.144. The quantitative estimate of drug-likeness (QED) is 0.777. The van der Waals surface area contributed by atoms with E-state index >= 15 is 0 Å². The number of rotatable bonds is 4. The van der Waals surface area contributed by atoms with Gasteiger partial charge in [-0.25, -0.2) is 4.68 Å². The van der Waals surface area contributed by atoms with Crippen LogP contribution in [0.5, 0.6) is 0 Å². The zero-order valence-corrected chi connectivity index (χ0v) is 13.1. The number of nitrogens with zero attached hydrogens (tertiary/aromatic N) is 4. The van der Waals surface area contributed by atoms with E-state index in [9.17, 15) is 4.79 Å². The van der Waals surface area contributed by atoms with Gasteiger partial charge < -0.3 is 5.32 Å². The summed E-state index contributed by atoms with van der Waals surface area (Å²) in [5, 5.41) is 13.9. The maximum atomic E-state index is 12.2. The number of nitrogens with one attached hydrogen (secondary N) is 1. The Morgan fingerprint density at radius 2 is 2.05 bits per heavy atom. The van der Waals surface area contributed by atoms with Gasteiger partial charge in [0.25, 0.3) is 5.91 Å². The molecule has 1 heterocycles. The number of halogens is 1. The van der Waals surface area contributed by atoms with E-state index in [1.165, 1.54) is 11.0 Å². The van der Waals surface area contributed by atoms with Crippen molar-refractivity contribution in [2.75, 3.05) is 0 Å². The van der Waals surface area contributed by atoms with E-state index in [1.807, 2.05) is 30.3 Å². The first-order valence-corrected chi connectivity index (χ1v) is 7.38. The summed E-state index contributed by atoms with van der Waals surface area (Å²) in [6.45, 7) is 0.466. The van der Waals surface area contributed by atoms with Gasteiger partial charge in [0.1, 0.15) is 6.33 Å². The Bertz CT molecular complexity index is 788. The molecule has 0 saturated carbocycles. The van der Waals surface area contributed by atoms with Crippen molar-refractivity contribution in [3.05, 3.63) is 70.5 Å². The lowest BCUT2D eigenvalue weighted by Crippen LogP contribution is -2.22. The van der Waals surface area contributed by atoms with Crippen molar-refractivity contribution in [2.45, 2.75) is 6.54 Å². The van der Waals surface area contributed by atoms with Crippen LogP contribution in [0.1, 0.15) is 15.9 Å². The molecule has 0 bridgehead atoms. The molecule has 0 radical (unpaired) electrons. The number of carbonyl (C=O) groups excluding carboxylic acids is 1. The monoisotopic (exact) mass is 357 g/mol. The van der Waals surface area contributed by atoms with Crippen LogP contribution in [0.25, 0.3) is 5.69 Å². The minimum atomic E-state index is -0.144. The predicted octanol–water partition coefficient (Wildman–Crippen LogP) is 2.35. The van der Waals surface area contributed by atoms with E-state index in [2.05, 4.69) is 36.8 Å². The van der Waals surface area contributed by atoms with Crippen LogP contribution in [0.2, 0.25) is 0 Å². The molecule has 1 amide bonds. The lowest BCUT2D eigenvalue weighted by Gasteiger charge is -2.07. The SMILES string of the molecule is O=C(NCc1cccc(Br)c1)c1cccc(-n2cnnn2)c1. The van der Waals surface area contributed by atoms with Gasteiger partial charge in [0.15, 0.2) is 0 Å². The van der Waals surface area contributed by atoms with E-state index in [4.69, 9.17) is 0 Å². The highest BCUT2D eigenvalue weighted by Crippen LogP contribution is 2.12. The highest BCUT2D eigenvalue weighted by molar-refractivity contribution is 9.10. The molecule has 22 heavy (non-hydrogen) atoms. The molecule has 0 aliphatic carbocycles. The first-order valence-electron chi connectivity index (χ1n) is 6.58. The molecule has 2 aromatic carbocycles. The molecule has 110 valence electrons. The zero-order chi connectivity index (χ0) is 15.4. The van der Waals surface area contributed by atoms with E-state index in [0.717, 1.165) is 15.7 Å². The number of amides is 1. The molecule has 0 unspecified atom stereocenters. The van der Waals surface area contributed by atoms with Gasteiger partial charge in [-0.2, -0.15) is 0 Å². The number of benzene rings is 2. The van der Waals surface area contributed by atoms with Crippen LogP contribution in [-0.2, 0) is 6.54 Å². The smallest absolute Gasteiger partial charge is 0.251 e. The topological polar surface area (TPSA) is 72.7 Å². The van der Waals surface area contributed by atoms with Crippen LogP contribution in [0, 0.1) is 0 Å². The Hall–Kier alpha value is -2.54. The molecule has 0 spiro atoms. The number of hydrogen-bond donors (Lipinski definition) is 1. The largest absolute Gasteiger partial charge is 0.348 e. The van der Waals surface area contributed by atoms with Crippen molar-refractivity contribution >= 4 is 21.8 Å². The van der Waals surface area contributed by atoms with Crippen molar-refractivity contribution in [2.24, 2.45) is 0 Å². The van der Waals surface area contributed by atoms with Crippen LogP contribution in [0.15, 0.2) is 59.3 Å². The number of carbonyl (C=O) groups is 1. The standard InChI is InChI=1S/C15H12BrN5O/c16-13-5-1-3-11(7-13)9-17-15(22)12-4-2-6-14(8-12)21-10-18-19-20-21/h1-8,10H,9H2,(H,17,22). The van der Waals surface area contributed by atoms with Gasteiger partial charge in [0, 0.05) is 16.6 Å². The van der Waals surface area contributed by atoms with Crippen molar-refractivity contribution in [1.29, 1.82) is 0 Å². The van der Waals surface area contributed by atoms with Crippen LogP contribution in [-0.4, -0.2) is 26.1 Å². The molecular weight excluding hydrogens is 346 g/mol. The molecular formula is C15H12BrN5O. The third kappa shape index (κ3) is 3.37. The van der Waals surface area contributed by atoms with Crippen LogP contribution >= 0.6 is 15.9 Å². The summed E-state index contributed by atoms with van der Waals surface area (Å²) in [6, 6.07) is 14.9. The summed E-state index contributed by atoms with van der Waals surface area (Å²) < 4.78 is 2.49. The molecule has 3 rings (SSSR count). The molecule has 1 aromatic heterocycles. The average Bonchev–Trinajstić information content (AvgIpc) is 3.07. The van der Waals surface area contributed by atoms with Crippen molar-refractivity contribution < 1.29 is 4.79 Å². The second kappa shape index (κ2) is 6.48. The first kappa shape index (κ1) is 14.4. The summed E-state index contributed by atoms with van der Waals surface area (Å²) in [7, 11) is 0. The van der Waals surface area contributed by atoms with Crippen LogP contribution in [0.4, 0.5) is 0 Å². The van der Waals surface area contributed by atoms with Crippen LogP contribution < -0.4 is 5.32 Å². The van der Waals surface area contributed by atoms with E-state index < -0.39 is 0 Å². The fraction of sp³-hybridized carbons (Fsp3) is 0.0667. The van der Waals surface area contributed by atoms with Gasteiger partial charge in [0.05, 0.1) is 5.69 Å². The molecule has 0 atom stereocenters. The fourth-order valence-electron chi connectivity index (χ4n) is 2.00. The van der Waals surface area contributed by atoms with Gasteiger partial charge in [0.2, 0.25) is 0 Å². The molecule has 0 saturated heterocycles. The third-order valence-electron chi connectivity index (χ3n) is 3.06. The lowest BCUT2D eigenvalue weighted by atomic mass is 10.1. The van der Waals surface area contributed by atoms with Gasteiger partial charge in [-0.05, 0) is 46.3 Å². The maximum absolute atomic E-state index is 12.2. The first-order chi connectivity index (χ1) is 10.7. The Morgan fingerprint density at radius 3 is 2.82 bits per heavy atom. The fourth-order valence-corrected chi connectivity index (χ4v) is 2.45. The molecule has 0 aliphatic heterocycles. The average molecular weight is 358 g/mol. The van der Waals surface area contributed by atoms with E-state index in [1.54, 1.807) is 18.2 Å². The van der Waals surface area contributed by atoms with Gasteiger partial charge in [-0.3, -0.25) is 4.79 Å². The predicted molar refractivity (Wildman–Crippen MR) is 84.5 cm³/mol. The van der Waals surface area contributed by atoms with E-state index in [-0.39, 0.29) is 5.91 Å². The summed E-state index contributed by atoms with van der Waals surface area (Å²) in [4.78, 5) is 12.2. The Kier molecular flexibility index (Phi) is 4.24. The maximum Gasteiger partial charge on any atom is 0.251 e. The van der Waals surface area contributed by atoms with Crippen molar-refractivity contribution in [3.8, 4) is 5.69 Å². The molecule has 6 nitrogen and oxygen atoms in total. The van der Waals surface area contributed by atoms with Gasteiger partial charge in [-0.15, -0.1) is 5.10 Å². The molecule has 3 aromatic rings. The normalized spacial score (nSPS) is 10.4. The van der Waals surface area contributed by atoms with Crippen molar-refractivity contribution in [1.82, 2.24) is 25.5 Å². The zero-order valence-electron chi connectivity index (χ0n) is 11.5. The third-order valence-corrected chi connectivity index (χ3v) is 3.56.